The predicted molar refractivity (Wildman–Crippen MR) is 230 cm³/mol. The maximum Gasteiger partial charge on any atom is 0.472 e. The molecule has 56 heavy (non-hydrogen) atoms. The van der Waals surface area contributed by atoms with Crippen LogP contribution in [0.3, 0.4) is 0 Å². The van der Waals surface area contributed by atoms with Crippen molar-refractivity contribution in [1.82, 2.24) is 0 Å². The van der Waals surface area contributed by atoms with Crippen molar-refractivity contribution >= 4 is 19.8 Å². The van der Waals surface area contributed by atoms with E-state index in [0.717, 1.165) is 44.9 Å². The number of carbonyl (C=O) groups is 2. The van der Waals surface area contributed by atoms with Crippen LogP contribution in [0.4, 0.5) is 0 Å². The van der Waals surface area contributed by atoms with Crippen LogP contribution in [0.15, 0.2) is 122 Å². The molecule has 10 nitrogen and oxygen atoms in total. The number of hydrogen-bond acceptors (Lipinski definition) is 9. The zero-order valence-electron chi connectivity index (χ0n) is 33.9. The SMILES string of the molecule is CC/C=C\C/C=C\C/C=C\C/C=C\C/C=C\CCCC(=O)OC[C@H](COP(=O)(O)OCCN)OC(=O)CCC/C=C\C/C=C\C=C\C(O)C/C=C\C/C=C\CC. The zero-order valence-corrected chi connectivity index (χ0v) is 34.8. The zero-order chi connectivity index (χ0) is 41.2. The second-order valence-corrected chi connectivity index (χ2v) is 14.0. The van der Waals surface area contributed by atoms with Gasteiger partial charge in [0.25, 0.3) is 0 Å². The maximum atomic E-state index is 12.5. The van der Waals surface area contributed by atoms with E-state index in [0.29, 0.717) is 38.5 Å². The molecule has 3 atom stereocenters. The fourth-order valence-electron chi connectivity index (χ4n) is 4.49. The Morgan fingerprint density at radius 3 is 1.64 bits per heavy atom. The van der Waals surface area contributed by atoms with Crippen LogP contribution in [0.5, 0.6) is 0 Å². The van der Waals surface area contributed by atoms with E-state index in [-0.39, 0.29) is 32.6 Å². The quantitative estimate of drug-likeness (QED) is 0.0185. The molecule has 0 amide bonds. The summed E-state index contributed by atoms with van der Waals surface area (Å²) in [6.45, 7) is 3.23. The number of esters is 2. The molecule has 0 rings (SSSR count). The van der Waals surface area contributed by atoms with Gasteiger partial charge in [0.2, 0.25) is 0 Å². The van der Waals surface area contributed by atoms with E-state index in [1.54, 1.807) is 6.08 Å². The molecule has 0 aromatic carbocycles. The molecule has 0 saturated heterocycles. The van der Waals surface area contributed by atoms with Gasteiger partial charge in [-0.25, -0.2) is 4.57 Å². The first-order chi connectivity index (χ1) is 27.2. The van der Waals surface area contributed by atoms with E-state index >= 15 is 0 Å². The molecule has 0 saturated carbocycles. The van der Waals surface area contributed by atoms with Gasteiger partial charge in [0.05, 0.1) is 19.3 Å². The highest BCUT2D eigenvalue weighted by molar-refractivity contribution is 7.47. The van der Waals surface area contributed by atoms with Crippen LogP contribution in [0.1, 0.15) is 110 Å². The molecule has 0 spiro atoms. The minimum atomic E-state index is -4.43. The van der Waals surface area contributed by atoms with Gasteiger partial charge in [-0.2, -0.15) is 0 Å². The molecule has 0 aromatic rings. The van der Waals surface area contributed by atoms with Gasteiger partial charge >= 0.3 is 19.8 Å². The number of nitrogens with two attached hydrogens (primary N) is 1. The van der Waals surface area contributed by atoms with Crippen LogP contribution in [0.25, 0.3) is 0 Å². The van der Waals surface area contributed by atoms with E-state index in [4.69, 9.17) is 24.3 Å². The van der Waals surface area contributed by atoms with Crippen LogP contribution in [0, 0.1) is 0 Å². The molecule has 0 aliphatic heterocycles. The summed E-state index contributed by atoms with van der Waals surface area (Å²) in [5.41, 5.74) is 5.33. The number of ether oxygens (including phenoxy) is 2. The largest absolute Gasteiger partial charge is 0.472 e. The molecule has 0 bridgehead atoms. The predicted octanol–water partition coefficient (Wildman–Crippen LogP) is 10.3. The van der Waals surface area contributed by atoms with Crippen molar-refractivity contribution in [3.8, 4) is 0 Å². The van der Waals surface area contributed by atoms with E-state index in [1.165, 1.54) is 0 Å². The third-order valence-electron chi connectivity index (χ3n) is 7.42. The lowest BCUT2D eigenvalue weighted by atomic mass is 10.2. The number of rotatable bonds is 35. The van der Waals surface area contributed by atoms with Gasteiger partial charge in [0, 0.05) is 19.4 Å². The molecular weight excluding hydrogens is 729 g/mol. The summed E-state index contributed by atoms with van der Waals surface area (Å²) < 4.78 is 32.5. The van der Waals surface area contributed by atoms with Crippen LogP contribution in [-0.2, 0) is 32.7 Å². The Kier molecular flexibility index (Phi) is 37.0. The lowest BCUT2D eigenvalue weighted by molar-refractivity contribution is -0.161. The van der Waals surface area contributed by atoms with Crippen LogP contribution >= 0.6 is 7.82 Å². The average Bonchev–Trinajstić information content (AvgIpc) is 3.18. The van der Waals surface area contributed by atoms with E-state index in [9.17, 15) is 24.2 Å². The van der Waals surface area contributed by atoms with Crippen LogP contribution in [0.2, 0.25) is 0 Å². The molecular formula is C45H70NO9P. The third-order valence-corrected chi connectivity index (χ3v) is 8.41. The summed E-state index contributed by atoms with van der Waals surface area (Å²) >= 11 is 0. The summed E-state index contributed by atoms with van der Waals surface area (Å²) in [6.07, 6.45) is 49.9. The Hall–Kier alpha value is -3.63. The maximum absolute atomic E-state index is 12.5. The number of phosphoric acid groups is 1. The standard InChI is InChI=1S/C45H70NO9P/c1-3-5-7-9-11-12-13-14-15-16-17-18-19-20-24-28-32-36-44(48)52-40-43(41-54-56(50,51)53-39-38-46)55-45(49)37-33-29-25-22-21-23-27-31-35-42(47)34-30-26-10-8-6-4-2/h5-8,11-12,14-15,17-18,20,22-27,30-31,35,42-43,47H,3-4,9-10,13,16,19,21,28-29,32-34,36-41,46H2,1-2H3,(H,50,51)/b7-5-,8-6-,12-11-,15-14-,18-17-,24-20-,25-22-,27-23-,30-26-,35-31+/t42?,43-/m1/s1. The highest BCUT2D eigenvalue weighted by Gasteiger charge is 2.25. The number of unbranched alkanes of at least 4 members (excludes halogenated alkanes) is 2. The number of aliphatic hydroxyl groups is 1. The summed E-state index contributed by atoms with van der Waals surface area (Å²) in [7, 11) is -4.43. The Bertz CT molecular complexity index is 1340. The molecule has 11 heteroatoms. The lowest BCUT2D eigenvalue weighted by Crippen LogP contribution is -2.29. The number of aliphatic hydroxyl groups excluding tert-OH is 1. The van der Waals surface area contributed by atoms with Crippen molar-refractivity contribution in [1.29, 1.82) is 0 Å². The topological polar surface area (TPSA) is 155 Å². The second kappa shape index (κ2) is 39.6. The van der Waals surface area contributed by atoms with Crippen molar-refractivity contribution in [2.24, 2.45) is 5.73 Å². The number of phosphoric ester groups is 1. The highest BCUT2D eigenvalue weighted by atomic mass is 31.2. The lowest BCUT2D eigenvalue weighted by Gasteiger charge is -2.19. The van der Waals surface area contributed by atoms with Gasteiger partial charge in [-0.15, -0.1) is 0 Å². The summed E-state index contributed by atoms with van der Waals surface area (Å²) in [6, 6.07) is 0. The van der Waals surface area contributed by atoms with E-state index < -0.39 is 38.6 Å². The minimum Gasteiger partial charge on any atom is -0.462 e. The van der Waals surface area contributed by atoms with Gasteiger partial charge in [-0.05, 0) is 83.5 Å². The van der Waals surface area contributed by atoms with Gasteiger partial charge in [0.1, 0.15) is 6.61 Å². The van der Waals surface area contributed by atoms with Crippen molar-refractivity contribution in [2.75, 3.05) is 26.4 Å². The monoisotopic (exact) mass is 799 g/mol. The number of hydrogen-bond donors (Lipinski definition) is 3. The normalized spacial score (nSPS) is 15.2. The van der Waals surface area contributed by atoms with Crippen molar-refractivity contribution in [3.63, 3.8) is 0 Å². The smallest absolute Gasteiger partial charge is 0.462 e. The second-order valence-electron chi connectivity index (χ2n) is 12.6. The molecule has 0 aliphatic rings. The van der Waals surface area contributed by atoms with Crippen molar-refractivity contribution in [3.05, 3.63) is 122 Å². The Labute approximate surface area is 337 Å². The number of allylic oxidation sites excluding steroid dienone is 18. The molecule has 0 radical (unpaired) electrons. The minimum absolute atomic E-state index is 0.0191. The fourth-order valence-corrected chi connectivity index (χ4v) is 5.26. The first-order valence-corrected chi connectivity index (χ1v) is 21.6. The molecule has 0 heterocycles. The summed E-state index contributed by atoms with van der Waals surface area (Å²) in [5.74, 6) is -1.02. The molecule has 0 aliphatic carbocycles. The van der Waals surface area contributed by atoms with Crippen LogP contribution < -0.4 is 5.73 Å². The van der Waals surface area contributed by atoms with Crippen molar-refractivity contribution < 1.29 is 42.7 Å². The molecule has 2 unspecified atom stereocenters. The van der Waals surface area contributed by atoms with Crippen LogP contribution in [-0.4, -0.2) is 60.5 Å². The molecule has 314 valence electrons. The highest BCUT2D eigenvalue weighted by Crippen LogP contribution is 2.43. The fraction of sp³-hybridized carbons (Fsp3) is 0.511. The molecule has 0 aromatic heterocycles. The van der Waals surface area contributed by atoms with E-state index in [2.05, 4.69) is 80.7 Å². The average molecular weight is 800 g/mol. The van der Waals surface area contributed by atoms with Gasteiger partial charge in [-0.1, -0.05) is 135 Å². The first kappa shape index (κ1) is 52.4. The van der Waals surface area contributed by atoms with Crippen molar-refractivity contribution in [2.45, 2.75) is 122 Å². The summed E-state index contributed by atoms with van der Waals surface area (Å²) in [4.78, 5) is 34.8. The molecule has 4 N–H and O–H groups in total. The Morgan fingerprint density at radius 1 is 0.625 bits per heavy atom. The summed E-state index contributed by atoms with van der Waals surface area (Å²) in [5, 5.41) is 10.0. The number of carbonyl (C=O) groups excluding carboxylic acids is 2. The Morgan fingerprint density at radius 2 is 1.11 bits per heavy atom. The Balaban J connectivity index is 4.49. The first-order valence-electron chi connectivity index (χ1n) is 20.1. The third kappa shape index (κ3) is 38.6. The van der Waals surface area contributed by atoms with Gasteiger partial charge in [-0.3, -0.25) is 18.6 Å². The molecule has 0 fully saturated rings. The van der Waals surface area contributed by atoms with E-state index in [1.807, 2.05) is 48.6 Å². The van der Waals surface area contributed by atoms with Gasteiger partial charge in [0.15, 0.2) is 6.10 Å². The van der Waals surface area contributed by atoms with Gasteiger partial charge < -0.3 is 25.2 Å².